The average Bonchev–Trinajstić information content (AvgIpc) is 2.36. The van der Waals surface area contributed by atoms with Crippen molar-refractivity contribution in [1.29, 1.82) is 0 Å². The lowest BCUT2D eigenvalue weighted by molar-refractivity contribution is -0.153. The van der Waals surface area contributed by atoms with E-state index in [1.54, 1.807) is 4.90 Å². The molecule has 2 amide bonds. The molecule has 2 N–H and O–H groups in total. The minimum Gasteiger partial charge on any atom is -0.481 e. The van der Waals surface area contributed by atoms with E-state index in [1.807, 2.05) is 7.05 Å². The van der Waals surface area contributed by atoms with E-state index in [9.17, 15) is 14.7 Å². The van der Waals surface area contributed by atoms with Crippen LogP contribution in [0.25, 0.3) is 0 Å². The summed E-state index contributed by atoms with van der Waals surface area (Å²) < 4.78 is 0. The molecule has 0 bridgehead atoms. The van der Waals surface area contributed by atoms with Crippen LogP contribution in [0.15, 0.2) is 0 Å². The number of carbonyl (C=O) groups excluding carboxylic acids is 1. The summed E-state index contributed by atoms with van der Waals surface area (Å²) in [6.07, 6.45) is 6.73. The van der Waals surface area contributed by atoms with Crippen LogP contribution in [-0.2, 0) is 4.79 Å². The smallest absolute Gasteiger partial charge is 0.317 e. The number of carboxylic acid groups (broad SMARTS) is 1. The number of hydrogen-bond donors (Lipinski definition) is 2. The number of carboxylic acids is 1. The van der Waals surface area contributed by atoms with Crippen LogP contribution in [0, 0.1) is 11.3 Å². The zero-order valence-corrected chi connectivity index (χ0v) is 12.5. The van der Waals surface area contributed by atoms with E-state index in [1.165, 1.54) is 12.8 Å². The monoisotopic (exact) mass is 282 g/mol. The van der Waals surface area contributed by atoms with Gasteiger partial charge in [-0.2, -0.15) is 0 Å². The molecule has 5 heteroatoms. The Bertz CT molecular complexity index is 371. The fourth-order valence-corrected chi connectivity index (χ4v) is 3.23. The quantitative estimate of drug-likeness (QED) is 0.832. The van der Waals surface area contributed by atoms with Crippen molar-refractivity contribution in [3.05, 3.63) is 0 Å². The van der Waals surface area contributed by atoms with E-state index in [-0.39, 0.29) is 12.6 Å². The number of urea groups is 1. The van der Waals surface area contributed by atoms with Crippen molar-refractivity contribution in [3.63, 3.8) is 0 Å². The summed E-state index contributed by atoms with van der Waals surface area (Å²) in [5.41, 5.74) is -0.711. The molecule has 0 aromatic carbocycles. The standard InChI is InChI=1S/C15H26N2O3/c1-11-4-6-12(7-5-11)17(2)14(20)16-10-15(13(18)19)8-3-9-15/h11-12H,3-10H2,1-2H3,(H,16,20)(H,18,19). The van der Waals surface area contributed by atoms with Crippen molar-refractivity contribution in [2.45, 2.75) is 57.9 Å². The molecule has 0 aliphatic heterocycles. The van der Waals surface area contributed by atoms with Gasteiger partial charge in [-0.3, -0.25) is 4.79 Å². The molecule has 0 spiro atoms. The normalized spacial score (nSPS) is 28.3. The summed E-state index contributed by atoms with van der Waals surface area (Å²) in [6, 6.07) is 0.172. The Morgan fingerprint density at radius 2 is 1.85 bits per heavy atom. The van der Waals surface area contributed by atoms with Gasteiger partial charge in [-0.05, 0) is 44.4 Å². The van der Waals surface area contributed by atoms with Gasteiger partial charge in [0.15, 0.2) is 0 Å². The van der Waals surface area contributed by atoms with Gasteiger partial charge < -0.3 is 15.3 Å². The van der Waals surface area contributed by atoms with Gasteiger partial charge in [-0.15, -0.1) is 0 Å². The van der Waals surface area contributed by atoms with Crippen molar-refractivity contribution >= 4 is 12.0 Å². The van der Waals surface area contributed by atoms with Gasteiger partial charge in [0.1, 0.15) is 0 Å². The third kappa shape index (κ3) is 3.07. The molecule has 2 rings (SSSR count). The van der Waals surface area contributed by atoms with Crippen LogP contribution in [-0.4, -0.2) is 41.6 Å². The molecule has 5 nitrogen and oxygen atoms in total. The van der Waals surface area contributed by atoms with E-state index >= 15 is 0 Å². The first-order valence-corrected chi connectivity index (χ1v) is 7.69. The number of nitrogens with one attached hydrogen (secondary N) is 1. The first-order valence-electron chi connectivity index (χ1n) is 7.69. The van der Waals surface area contributed by atoms with Crippen molar-refractivity contribution in [2.24, 2.45) is 11.3 Å². The molecule has 2 saturated carbocycles. The van der Waals surface area contributed by atoms with E-state index < -0.39 is 11.4 Å². The summed E-state index contributed by atoms with van der Waals surface area (Å²) in [6.45, 7) is 2.51. The maximum absolute atomic E-state index is 12.2. The van der Waals surface area contributed by atoms with Gasteiger partial charge in [-0.25, -0.2) is 4.79 Å². The predicted octanol–water partition coefficient (Wildman–Crippen LogP) is 2.46. The highest BCUT2D eigenvalue weighted by atomic mass is 16.4. The van der Waals surface area contributed by atoms with Crippen molar-refractivity contribution in [1.82, 2.24) is 10.2 Å². The Morgan fingerprint density at radius 1 is 1.25 bits per heavy atom. The van der Waals surface area contributed by atoms with Crippen molar-refractivity contribution in [3.8, 4) is 0 Å². The molecule has 0 aromatic rings. The molecule has 0 aromatic heterocycles. The second-order valence-electron chi connectivity index (χ2n) is 6.62. The molecular formula is C15H26N2O3. The number of rotatable bonds is 4. The highest BCUT2D eigenvalue weighted by Crippen LogP contribution is 2.40. The largest absolute Gasteiger partial charge is 0.481 e. The number of amides is 2. The highest BCUT2D eigenvalue weighted by molar-refractivity contribution is 5.79. The van der Waals surface area contributed by atoms with E-state index in [4.69, 9.17) is 0 Å². The van der Waals surface area contributed by atoms with Crippen LogP contribution in [0.4, 0.5) is 4.79 Å². The van der Waals surface area contributed by atoms with Crippen LogP contribution in [0.2, 0.25) is 0 Å². The first-order chi connectivity index (χ1) is 9.44. The van der Waals surface area contributed by atoms with Crippen LogP contribution in [0.3, 0.4) is 0 Å². The van der Waals surface area contributed by atoms with Gasteiger partial charge >= 0.3 is 12.0 Å². The first kappa shape index (κ1) is 15.1. The summed E-state index contributed by atoms with van der Waals surface area (Å²) in [7, 11) is 1.82. The molecule has 0 unspecified atom stereocenters. The lowest BCUT2D eigenvalue weighted by Gasteiger charge is -2.39. The van der Waals surface area contributed by atoms with Crippen LogP contribution < -0.4 is 5.32 Å². The minimum absolute atomic E-state index is 0.128. The van der Waals surface area contributed by atoms with E-state index in [0.29, 0.717) is 18.9 Å². The Morgan fingerprint density at radius 3 is 2.30 bits per heavy atom. The second-order valence-corrected chi connectivity index (χ2v) is 6.62. The molecule has 2 aliphatic carbocycles. The Labute approximate surface area is 120 Å². The third-order valence-electron chi connectivity index (χ3n) is 5.20. The molecule has 2 fully saturated rings. The molecular weight excluding hydrogens is 256 g/mol. The predicted molar refractivity (Wildman–Crippen MR) is 76.5 cm³/mol. The number of carbonyl (C=O) groups is 2. The van der Waals surface area contributed by atoms with Crippen LogP contribution >= 0.6 is 0 Å². The number of aliphatic carboxylic acids is 1. The summed E-state index contributed by atoms with van der Waals surface area (Å²) in [5, 5.41) is 12.1. The Hall–Kier alpha value is -1.26. The SMILES string of the molecule is CC1CCC(N(C)C(=O)NCC2(C(=O)O)CCC2)CC1. The zero-order chi connectivity index (χ0) is 14.8. The molecule has 0 radical (unpaired) electrons. The molecule has 20 heavy (non-hydrogen) atoms. The van der Waals surface area contributed by atoms with Crippen LogP contribution in [0.1, 0.15) is 51.9 Å². The molecule has 0 saturated heterocycles. The topological polar surface area (TPSA) is 69.6 Å². The zero-order valence-electron chi connectivity index (χ0n) is 12.5. The van der Waals surface area contributed by atoms with Gasteiger partial charge in [-0.1, -0.05) is 13.3 Å². The minimum atomic E-state index is -0.779. The van der Waals surface area contributed by atoms with Gasteiger partial charge in [0, 0.05) is 19.6 Å². The fraction of sp³-hybridized carbons (Fsp3) is 0.867. The number of hydrogen-bond acceptors (Lipinski definition) is 2. The summed E-state index contributed by atoms with van der Waals surface area (Å²) in [4.78, 5) is 25.2. The fourth-order valence-electron chi connectivity index (χ4n) is 3.23. The maximum Gasteiger partial charge on any atom is 0.317 e. The van der Waals surface area contributed by atoms with Gasteiger partial charge in [0.05, 0.1) is 5.41 Å². The summed E-state index contributed by atoms with van der Waals surface area (Å²) >= 11 is 0. The molecule has 0 atom stereocenters. The van der Waals surface area contributed by atoms with Crippen LogP contribution in [0.5, 0.6) is 0 Å². The Kier molecular flexibility index (Phi) is 4.55. The van der Waals surface area contributed by atoms with Crippen molar-refractivity contribution < 1.29 is 14.7 Å². The van der Waals surface area contributed by atoms with E-state index in [2.05, 4.69) is 12.2 Å². The Balaban J connectivity index is 1.81. The lowest BCUT2D eigenvalue weighted by atomic mass is 9.69. The molecule has 114 valence electrons. The average molecular weight is 282 g/mol. The lowest BCUT2D eigenvalue weighted by Crippen LogP contribution is -2.52. The molecule has 2 aliphatic rings. The summed E-state index contributed by atoms with van der Waals surface area (Å²) in [5.74, 6) is -0.0221. The number of nitrogens with zero attached hydrogens (tertiary/aromatic N) is 1. The van der Waals surface area contributed by atoms with Crippen molar-refractivity contribution in [2.75, 3.05) is 13.6 Å². The molecule has 0 heterocycles. The van der Waals surface area contributed by atoms with Gasteiger partial charge in [0.2, 0.25) is 0 Å². The second kappa shape index (κ2) is 6.02. The highest BCUT2D eigenvalue weighted by Gasteiger charge is 2.44. The third-order valence-corrected chi connectivity index (χ3v) is 5.20. The van der Waals surface area contributed by atoms with Gasteiger partial charge in [0.25, 0.3) is 0 Å². The maximum atomic E-state index is 12.2. The van der Waals surface area contributed by atoms with E-state index in [0.717, 1.165) is 25.2 Å².